The standard InChI is InChI=1S/C28H33ClN6O2/c29-26-23(13-11-20-7-3-1-4-8-20)35(19-25(36)33-18-22-12-14-24(30)32-17-22)28(37)27(34-26)31-16-15-21-9-5-2-6-10-21/h1-3,5-7,9-10,12,14,17,25,33,36H,4,8,11,13,15-16,18-19H2,(H2,30,32)(H,31,34). The van der Waals surface area contributed by atoms with E-state index in [1.54, 1.807) is 12.3 Å². The van der Waals surface area contributed by atoms with Gasteiger partial charge in [0.25, 0.3) is 5.56 Å². The van der Waals surface area contributed by atoms with Crippen LogP contribution in [0.2, 0.25) is 5.15 Å². The second kappa shape index (κ2) is 13.2. The Hall–Kier alpha value is -3.46. The Morgan fingerprint density at radius 3 is 2.68 bits per heavy atom. The van der Waals surface area contributed by atoms with Crippen LogP contribution in [-0.2, 0) is 25.9 Å². The number of hydrogen-bond donors (Lipinski definition) is 4. The largest absolute Gasteiger partial charge is 0.384 e. The van der Waals surface area contributed by atoms with Crippen LogP contribution in [0.3, 0.4) is 0 Å². The number of aliphatic hydroxyl groups excluding tert-OH is 1. The molecular weight excluding hydrogens is 488 g/mol. The molecule has 5 N–H and O–H groups in total. The molecule has 0 saturated carbocycles. The van der Waals surface area contributed by atoms with Gasteiger partial charge < -0.3 is 20.7 Å². The number of anilines is 2. The summed E-state index contributed by atoms with van der Waals surface area (Å²) in [6.45, 7) is 0.940. The van der Waals surface area contributed by atoms with Crippen LogP contribution in [0.1, 0.15) is 36.1 Å². The summed E-state index contributed by atoms with van der Waals surface area (Å²) >= 11 is 6.62. The predicted molar refractivity (Wildman–Crippen MR) is 148 cm³/mol. The van der Waals surface area contributed by atoms with E-state index in [1.165, 1.54) is 10.1 Å². The third-order valence-corrected chi connectivity index (χ3v) is 6.60. The van der Waals surface area contributed by atoms with Crippen molar-refractivity contribution in [2.75, 3.05) is 17.6 Å². The Balaban J connectivity index is 1.50. The minimum Gasteiger partial charge on any atom is -0.384 e. The summed E-state index contributed by atoms with van der Waals surface area (Å²) in [5.41, 5.74) is 9.29. The van der Waals surface area contributed by atoms with E-state index in [-0.39, 0.29) is 23.1 Å². The summed E-state index contributed by atoms with van der Waals surface area (Å²) in [6.07, 6.45) is 11.0. The molecule has 0 saturated heterocycles. The van der Waals surface area contributed by atoms with Crippen LogP contribution < -0.4 is 21.9 Å². The van der Waals surface area contributed by atoms with E-state index in [4.69, 9.17) is 17.3 Å². The molecule has 1 aliphatic rings. The maximum atomic E-state index is 13.5. The number of rotatable bonds is 12. The van der Waals surface area contributed by atoms with Gasteiger partial charge in [-0.05, 0) is 49.3 Å². The molecule has 2 aromatic heterocycles. The van der Waals surface area contributed by atoms with Crippen molar-refractivity contribution in [1.82, 2.24) is 19.9 Å². The summed E-state index contributed by atoms with van der Waals surface area (Å²) < 4.78 is 1.54. The fourth-order valence-corrected chi connectivity index (χ4v) is 4.52. The Morgan fingerprint density at radius 1 is 1.11 bits per heavy atom. The van der Waals surface area contributed by atoms with Crippen molar-refractivity contribution >= 4 is 23.2 Å². The van der Waals surface area contributed by atoms with Crippen LogP contribution in [0.5, 0.6) is 0 Å². The number of pyridine rings is 1. The lowest BCUT2D eigenvalue weighted by molar-refractivity contribution is 0.114. The first-order valence-corrected chi connectivity index (χ1v) is 12.9. The zero-order valence-corrected chi connectivity index (χ0v) is 21.5. The van der Waals surface area contributed by atoms with Crippen molar-refractivity contribution in [3.05, 3.63) is 105 Å². The van der Waals surface area contributed by atoms with Crippen molar-refractivity contribution in [2.45, 2.75) is 51.4 Å². The zero-order chi connectivity index (χ0) is 26.0. The number of benzene rings is 1. The van der Waals surface area contributed by atoms with Crippen LogP contribution in [0.4, 0.5) is 11.6 Å². The van der Waals surface area contributed by atoms with Crippen molar-refractivity contribution in [3.8, 4) is 0 Å². The van der Waals surface area contributed by atoms with E-state index >= 15 is 0 Å². The number of nitrogen functional groups attached to an aromatic ring is 1. The summed E-state index contributed by atoms with van der Waals surface area (Å²) in [6, 6.07) is 13.6. The molecule has 4 rings (SSSR count). The number of halogens is 1. The van der Waals surface area contributed by atoms with Crippen LogP contribution in [0.25, 0.3) is 0 Å². The minimum atomic E-state index is -0.985. The van der Waals surface area contributed by atoms with Gasteiger partial charge in [0.2, 0.25) is 0 Å². The summed E-state index contributed by atoms with van der Waals surface area (Å²) in [4.78, 5) is 21.9. The van der Waals surface area contributed by atoms with E-state index in [2.05, 4.69) is 38.8 Å². The summed E-state index contributed by atoms with van der Waals surface area (Å²) in [5, 5.41) is 17.2. The van der Waals surface area contributed by atoms with Crippen LogP contribution >= 0.6 is 11.6 Å². The van der Waals surface area contributed by atoms with Crippen LogP contribution in [0, 0.1) is 0 Å². The Morgan fingerprint density at radius 2 is 1.95 bits per heavy atom. The Kier molecular flexibility index (Phi) is 9.48. The molecule has 0 fully saturated rings. The molecule has 0 spiro atoms. The molecule has 37 heavy (non-hydrogen) atoms. The molecule has 0 radical (unpaired) electrons. The lowest BCUT2D eigenvalue weighted by atomic mass is 9.99. The number of nitrogens with one attached hydrogen (secondary N) is 2. The number of nitrogens with zero attached hydrogens (tertiary/aromatic N) is 3. The fraction of sp³-hybridized carbons (Fsp3) is 0.321. The van der Waals surface area contributed by atoms with Gasteiger partial charge in [-0.25, -0.2) is 9.97 Å². The van der Waals surface area contributed by atoms with Crippen LogP contribution in [0.15, 0.2) is 77.3 Å². The Labute approximate surface area is 221 Å². The Bertz CT molecular complexity index is 1290. The molecule has 194 valence electrons. The minimum absolute atomic E-state index is 0.0329. The summed E-state index contributed by atoms with van der Waals surface area (Å²) in [7, 11) is 0. The van der Waals surface area contributed by atoms with Gasteiger partial charge in [0.1, 0.15) is 12.0 Å². The van der Waals surface area contributed by atoms with Gasteiger partial charge >= 0.3 is 0 Å². The van der Waals surface area contributed by atoms with Crippen LogP contribution in [-0.4, -0.2) is 32.4 Å². The average Bonchev–Trinajstić information content (AvgIpc) is 2.92. The number of aromatic nitrogens is 3. The SMILES string of the molecule is Nc1ccc(CNC(O)Cn2c(CCC3=CC=CCC3)c(Cl)nc(NCCc3ccccc3)c2=O)cn1. The molecule has 0 amide bonds. The maximum Gasteiger partial charge on any atom is 0.293 e. The zero-order valence-electron chi connectivity index (χ0n) is 20.7. The molecular formula is C28H33ClN6O2. The lowest BCUT2D eigenvalue weighted by Gasteiger charge is -2.20. The molecule has 0 aliphatic heterocycles. The van der Waals surface area contributed by atoms with Gasteiger partial charge in [0, 0.05) is 19.3 Å². The maximum absolute atomic E-state index is 13.5. The molecule has 2 heterocycles. The monoisotopic (exact) mass is 520 g/mol. The molecule has 0 bridgehead atoms. The third kappa shape index (κ3) is 7.76. The first-order chi connectivity index (χ1) is 18.0. The van der Waals surface area contributed by atoms with Crippen molar-refractivity contribution < 1.29 is 5.11 Å². The van der Waals surface area contributed by atoms with E-state index in [1.807, 2.05) is 36.4 Å². The highest BCUT2D eigenvalue weighted by atomic mass is 35.5. The lowest BCUT2D eigenvalue weighted by Crippen LogP contribution is -2.38. The quantitative estimate of drug-likeness (QED) is 0.268. The van der Waals surface area contributed by atoms with Crippen molar-refractivity contribution in [3.63, 3.8) is 0 Å². The van der Waals surface area contributed by atoms with E-state index < -0.39 is 6.23 Å². The van der Waals surface area contributed by atoms with Crippen molar-refractivity contribution in [1.29, 1.82) is 0 Å². The fourth-order valence-electron chi connectivity index (χ4n) is 4.24. The van der Waals surface area contributed by atoms with E-state index in [0.717, 1.165) is 36.8 Å². The average molecular weight is 521 g/mol. The molecule has 1 aliphatic carbocycles. The third-order valence-electron chi connectivity index (χ3n) is 6.30. The first kappa shape index (κ1) is 26.6. The van der Waals surface area contributed by atoms with Gasteiger partial charge in [-0.2, -0.15) is 0 Å². The van der Waals surface area contributed by atoms with Gasteiger partial charge in [0.15, 0.2) is 11.0 Å². The number of aliphatic hydroxyl groups is 1. The molecule has 1 aromatic carbocycles. The van der Waals surface area contributed by atoms with E-state index in [9.17, 15) is 9.90 Å². The number of hydrogen-bond acceptors (Lipinski definition) is 7. The molecule has 8 nitrogen and oxygen atoms in total. The van der Waals surface area contributed by atoms with Gasteiger partial charge in [-0.15, -0.1) is 0 Å². The highest BCUT2D eigenvalue weighted by Crippen LogP contribution is 2.22. The highest BCUT2D eigenvalue weighted by Gasteiger charge is 2.18. The number of nitrogens with two attached hydrogens (primary N) is 1. The van der Waals surface area contributed by atoms with Crippen molar-refractivity contribution in [2.24, 2.45) is 0 Å². The second-order valence-corrected chi connectivity index (χ2v) is 9.41. The van der Waals surface area contributed by atoms with E-state index in [0.29, 0.717) is 31.0 Å². The normalized spacial score (nSPS) is 13.8. The smallest absolute Gasteiger partial charge is 0.293 e. The second-order valence-electron chi connectivity index (χ2n) is 9.06. The molecule has 1 unspecified atom stereocenters. The highest BCUT2D eigenvalue weighted by molar-refractivity contribution is 6.30. The molecule has 3 aromatic rings. The first-order valence-electron chi connectivity index (χ1n) is 12.5. The topological polar surface area (TPSA) is 118 Å². The molecule has 1 atom stereocenters. The predicted octanol–water partition coefficient (Wildman–Crippen LogP) is 3.85. The van der Waals surface area contributed by atoms with Gasteiger partial charge in [0.05, 0.1) is 12.2 Å². The summed E-state index contributed by atoms with van der Waals surface area (Å²) in [5.74, 6) is 0.613. The van der Waals surface area contributed by atoms with Gasteiger partial charge in [-0.1, -0.05) is 71.8 Å². The van der Waals surface area contributed by atoms with Gasteiger partial charge in [-0.3, -0.25) is 10.1 Å². The molecule has 9 heteroatoms. The number of allylic oxidation sites excluding steroid dienone is 4.